The van der Waals surface area contributed by atoms with Gasteiger partial charge in [-0.2, -0.15) is 5.10 Å². The molecule has 15 heavy (non-hydrogen) atoms. The van der Waals surface area contributed by atoms with Crippen molar-refractivity contribution >= 4 is 11.9 Å². The van der Waals surface area contributed by atoms with Crippen LogP contribution >= 0.6 is 0 Å². The van der Waals surface area contributed by atoms with Gasteiger partial charge in [0.15, 0.2) is 0 Å². The molecular weight excluding hydrogens is 200 g/mol. The maximum atomic E-state index is 11.2. The lowest BCUT2D eigenvalue weighted by atomic mass is 10.4. The summed E-state index contributed by atoms with van der Waals surface area (Å²) in [6, 6.07) is 0. The van der Waals surface area contributed by atoms with Crippen molar-refractivity contribution in [1.29, 1.82) is 0 Å². The fraction of sp³-hybridized carbons (Fsp3) is 0.500. The zero-order valence-electron chi connectivity index (χ0n) is 8.32. The van der Waals surface area contributed by atoms with Crippen LogP contribution in [0.4, 0.5) is 0 Å². The predicted octanol–water partition coefficient (Wildman–Crippen LogP) is -0.512. The summed E-state index contributed by atoms with van der Waals surface area (Å²) in [6.07, 6.45) is 1.38. The molecular formula is C8H12N4O3. The Kier molecular flexibility index (Phi) is 4.27. The lowest BCUT2D eigenvalue weighted by Gasteiger charge is -2.02. The Balaban J connectivity index is 2.21. The minimum absolute atomic E-state index is 0.124. The third-order valence-corrected chi connectivity index (χ3v) is 1.55. The molecule has 0 saturated carbocycles. The highest BCUT2D eigenvalue weighted by Gasteiger charge is 2.08. The molecule has 0 atom stereocenters. The number of aromatic amines is 1. The van der Waals surface area contributed by atoms with E-state index in [4.69, 9.17) is 0 Å². The molecule has 1 aromatic heterocycles. The van der Waals surface area contributed by atoms with Gasteiger partial charge in [0.2, 0.25) is 5.82 Å². The Morgan fingerprint density at radius 1 is 1.60 bits per heavy atom. The van der Waals surface area contributed by atoms with Crippen molar-refractivity contribution in [2.75, 3.05) is 13.2 Å². The van der Waals surface area contributed by atoms with Crippen LogP contribution in [0, 0.1) is 0 Å². The van der Waals surface area contributed by atoms with Crippen LogP contribution in [0.5, 0.6) is 0 Å². The van der Waals surface area contributed by atoms with E-state index >= 15 is 0 Å². The normalized spacial score (nSPS) is 9.67. The van der Waals surface area contributed by atoms with Gasteiger partial charge in [0.1, 0.15) is 6.33 Å². The molecule has 2 N–H and O–H groups in total. The van der Waals surface area contributed by atoms with E-state index in [1.807, 2.05) is 0 Å². The summed E-state index contributed by atoms with van der Waals surface area (Å²) in [7, 11) is 0. The van der Waals surface area contributed by atoms with Crippen LogP contribution in [0.3, 0.4) is 0 Å². The van der Waals surface area contributed by atoms with Crippen molar-refractivity contribution in [2.24, 2.45) is 0 Å². The van der Waals surface area contributed by atoms with Gasteiger partial charge in [-0.25, -0.2) is 4.98 Å². The molecule has 82 valence electrons. The predicted molar refractivity (Wildman–Crippen MR) is 50.0 cm³/mol. The average molecular weight is 212 g/mol. The summed E-state index contributed by atoms with van der Waals surface area (Å²) >= 11 is 0. The van der Waals surface area contributed by atoms with Crippen LogP contribution in [-0.2, 0) is 9.53 Å². The lowest BCUT2D eigenvalue weighted by molar-refractivity contribution is -0.142. The number of rotatable bonds is 5. The van der Waals surface area contributed by atoms with E-state index in [9.17, 15) is 9.59 Å². The topological polar surface area (TPSA) is 97.0 Å². The van der Waals surface area contributed by atoms with Gasteiger partial charge in [-0.15, -0.1) is 0 Å². The number of nitrogens with one attached hydrogen (secondary N) is 2. The van der Waals surface area contributed by atoms with Crippen molar-refractivity contribution in [3.05, 3.63) is 12.2 Å². The number of H-pyrrole nitrogens is 1. The van der Waals surface area contributed by atoms with Crippen molar-refractivity contribution in [2.45, 2.75) is 13.3 Å². The highest BCUT2D eigenvalue weighted by atomic mass is 16.5. The van der Waals surface area contributed by atoms with Gasteiger partial charge in [-0.1, -0.05) is 0 Å². The minimum Gasteiger partial charge on any atom is -0.466 e. The molecule has 0 fully saturated rings. The second-order valence-electron chi connectivity index (χ2n) is 2.65. The van der Waals surface area contributed by atoms with E-state index < -0.39 is 5.91 Å². The van der Waals surface area contributed by atoms with E-state index in [1.54, 1.807) is 6.92 Å². The third-order valence-electron chi connectivity index (χ3n) is 1.55. The zero-order chi connectivity index (χ0) is 11.1. The average Bonchev–Trinajstić information content (AvgIpc) is 2.70. The highest BCUT2D eigenvalue weighted by Crippen LogP contribution is 1.87. The molecule has 0 bridgehead atoms. The molecule has 1 amide bonds. The molecule has 0 unspecified atom stereocenters. The molecule has 7 heteroatoms. The summed E-state index contributed by atoms with van der Waals surface area (Å²) in [4.78, 5) is 25.8. The number of ether oxygens (including phenoxy) is 1. The number of hydrogen-bond acceptors (Lipinski definition) is 5. The first-order chi connectivity index (χ1) is 7.24. The summed E-state index contributed by atoms with van der Waals surface area (Å²) in [5.41, 5.74) is 0. The minimum atomic E-state index is -0.392. The first-order valence-electron chi connectivity index (χ1n) is 4.53. The first-order valence-corrected chi connectivity index (χ1v) is 4.53. The molecule has 1 heterocycles. The maximum Gasteiger partial charge on any atom is 0.307 e. The molecule has 7 nitrogen and oxygen atoms in total. The molecule has 0 radical (unpaired) electrons. The number of carbonyl (C=O) groups is 2. The number of carbonyl (C=O) groups excluding carboxylic acids is 2. The number of amides is 1. The quantitative estimate of drug-likeness (QED) is 0.640. The number of esters is 1. The molecule has 0 aromatic carbocycles. The maximum absolute atomic E-state index is 11.2. The monoisotopic (exact) mass is 212 g/mol. The Labute approximate surface area is 86.2 Å². The summed E-state index contributed by atoms with van der Waals surface area (Å²) in [5, 5.41) is 8.44. The zero-order valence-corrected chi connectivity index (χ0v) is 8.32. The fourth-order valence-corrected chi connectivity index (χ4v) is 0.910. The fourth-order valence-electron chi connectivity index (χ4n) is 0.910. The molecule has 1 aromatic rings. The Morgan fingerprint density at radius 2 is 2.40 bits per heavy atom. The molecule has 1 rings (SSSR count). The highest BCUT2D eigenvalue weighted by molar-refractivity contribution is 5.90. The molecule has 0 saturated heterocycles. The largest absolute Gasteiger partial charge is 0.466 e. The van der Waals surface area contributed by atoms with Crippen LogP contribution < -0.4 is 5.32 Å². The van der Waals surface area contributed by atoms with E-state index in [2.05, 4.69) is 25.2 Å². The number of aromatic nitrogens is 3. The molecule has 0 aliphatic carbocycles. The van der Waals surface area contributed by atoms with Crippen LogP contribution in [0.25, 0.3) is 0 Å². The van der Waals surface area contributed by atoms with Gasteiger partial charge in [0.05, 0.1) is 13.0 Å². The van der Waals surface area contributed by atoms with E-state index in [0.717, 1.165) is 0 Å². The van der Waals surface area contributed by atoms with Gasteiger partial charge in [0, 0.05) is 6.54 Å². The van der Waals surface area contributed by atoms with Gasteiger partial charge in [-0.3, -0.25) is 14.7 Å². The summed E-state index contributed by atoms with van der Waals surface area (Å²) in [6.45, 7) is 2.29. The van der Waals surface area contributed by atoms with Crippen LogP contribution in [0.15, 0.2) is 6.33 Å². The van der Waals surface area contributed by atoms with Crippen LogP contribution in [-0.4, -0.2) is 40.2 Å². The first kappa shape index (κ1) is 11.2. The Hall–Kier alpha value is -1.92. The second-order valence-corrected chi connectivity index (χ2v) is 2.65. The van der Waals surface area contributed by atoms with Crippen molar-refractivity contribution in [3.8, 4) is 0 Å². The molecule has 0 spiro atoms. The van der Waals surface area contributed by atoms with Gasteiger partial charge in [0.25, 0.3) is 5.91 Å². The van der Waals surface area contributed by atoms with E-state index in [1.165, 1.54) is 6.33 Å². The Morgan fingerprint density at radius 3 is 3.00 bits per heavy atom. The van der Waals surface area contributed by atoms with Gasteiger partial charge < -0.3 is 10.1 Å². The van der Waals surface area contributed by atoms with Crippen molar-refractivity contribution in [1.82, 2.24) is 20.5 Å². The van der Waals surface area contributed by atoms with E-state index in [0.29, 0.717) is 6.61 Å². The number of hydrogen-bond donors (Lipinski definition) is 2. The van der Waals surface area contributed by atoms with Crippen LogP contribution in [0.2, 0.25) is 0 Å². The molecule has 0 aliphatic heterocycles. The van der Waals surface area contributed by atoms with Crippen molar-refractivity contribution < 1.29 is 14.3 Å². The number of nitrogens with zero attached hydrogens (tertiary/aromatic N) is 2. The smallest absolute Gasteiger partial charge is 0.307 e. The molecule has 0 aliphatic rings. The van der Waals surface area contributed by atoms with Crippen molar-refractivity contribution in [3.63, 3.8) is 0 Å². The standard InChI is InChI=1S/C8H12N4O3/c1-2-15-6(13)3-4-9-8(14)7-10-5-11-12-7/h5H,2-4H2,1H3,(H,9,14)(H,10,11,12). The summed E-state index contributed by atoms with van der Waals surface area (Å²) < 4.78 is 4.69. The Bertz CT molecular complexity index is 323. The van der Waals surface area contributed by atoms with Gasteiger partial charge in [-0.05, 0) is 6.92 Å². The van der Waals surface area contributed by atoms with E-state index in [-0.39, 0.29) is 24.8 Å². The lowest BCUT2D eigenvalue weighted by Crippen LogP contribution is -2.27. The SMILES string of the molecule is CCOC(=O)CCNC(=O)c1ncn[nH]1. The van der Waals surface area contributed by atoms with Crippen LogP contribution in [0.1, 0.15) is 24.0 Å². The second kappa shape index (κ2) is 5.74. The summed E-state index contributed by atoms with van der Waals surface area (Å²) in [5.74, 6) is -0.606. The van der Waals surface area contributed by atoms with Gasteiger partial charge >= 0.3 is 5.97 Å². The third kappa shape index (κ3) is 3.75.